The fourth-order valence-electron chi connectivity index (χ4n) is 1.43. The molecule has 0 saturated carbocycles. The van der Waals surface area contributed by atoms with E-state index in [1.165, 1.54) is 0 Å². The Morgan fingerprint density at radius 2 is 2.19 bits per heavy atom. The van der Waals surface area contributed by atoms with Gasteiger partial charge in [0.25, 0.3) is 0 Å². The summed E-state index contributed by atoms with van der Waals surface area (Å²) in [4.78, 5) is 17.6. The first-order valence-electron chi connectivity index (χ1n) is 5.02. The van der Waals surface area contributed by atoms with E-state index in [0.29, 0.717) is 36.7 Å². The van der Waals surface area contributed by atoms with Crippen molar-refractivity contribution in [3.8, 4) is 0 Å². The lowest BCUT2D eigenvalue weighted by molar-refractivity contribution is 0.0564. The molecule has 0 bridgehead atoms. The van der Waals surface area contributed by atoms with Crippen LogP contribution in [0.5, 0.6) is 0 Å². The Kier molecular flexibility index (Phi) is 3.74. The van der Waals surface area contributed by atoms with Gasteiger partial charge in [0.15, 0.2) is 0 Å². The first-order valence-corrected chi connectivity index (χ1v) is 5.81. The number of rotatable bonds is 1. The average molecular weight is 286 g/mol. The molecule has 2 amide bonds. The third kappa shape index (κ3) is 2.93. The fraction of sp³-hybridized carbons (Fsp3) is 0.400. The normalized spacial score (nSPS) is 15.9. The number of morpholine rings is 1. The Morgan fingerprint density at radius 1 is 1.44 bits per heavy atom. The van der Waals surface area contributed by atoms with Gasteiger partial charge in [0.05, 0.1) is 13.2 Å². The van der Waals surface area contributed by atoms with Crippen LogP contribution < -0.4 is 5.32 Å². The molecule has 0 atom stereocenters. The van der Waals surface area contributed by atoms with Crippen LogP contribution in [0.15, 0.2) is 22.8 Å². The largest absolute Gasteiger partial charge is 0.378 e. The number of carbonyl (C=O) groups is 1. The third-order valence-corrected chi connectivity index (χ3v) is 2.69. The summed E-state index contributed by atoms with van der Waals surface area (Å²) in [6.07, 6.45) is 0. The fourth-order valence-corrected chi connectivity index (χ4v) is 1.78. The number of nitrogens with one attached hydrogen (secondary N) is 1. The van der Waals surface area contributed by atoms with E-state index in [4.69, 9.17) is 4.74 Å². The summed E-state index contributed by atoms with van der Waals surface area (Å²) < 4.78 is 5.88. The van der Waals surface area contributed by atoms with E-state index in [9.17, 15) is 4.79 Å². The molecule has 1 aromatic rings. The number of urea groups is 1. The van der Waals surface area contributed by atoms with Crippen LogP contribution in [0.25, 0.3) is 0 Å². The standard InChI is InChI=1S/C10H12BrN3O2/c11-8-2-1-3-9(12-8)13-10(15)14-4-6-16-7-5-14/h1-3H,4-7H2,(H,12,13,15). The molecule has 5 nitrogen and oxygen atoms in total. The van der Waals surface area contributed by atoms with Crippen LogP contribution in [-0.4, -0.2) is 42.2 Å². The van der Waals surface area contributed by atoms with Gasteiger partial charge in [0.1, 0.15) is 10.4 Å². The van der Waals surface area contributed by atoms with Crippen LogP contribution in [0.1, 0.15) is 0 Å². The Hall–Kier alpha value is -1.14. The Balaban J connectivity index is 1.96. The summed E-state index contributed by atoms with van der Waals surface area (Å²) in [5, 5.41) is 2.74. The van der Waals surface area contributed by atoms with Crippen molar-refractivity contribution in [3.05, 3.63) is 22.8 Å². The van der Waals surface area contributed by atoms with Gasteiger partial charge in [-0.2, -0.15) is 0 Å². The minimum atomic E-state index is -0.131. The number of nitrogens with zero attached hydrogens (tertiary/aromatic N) is 2. The van der Waals surface area contributed by atoms with E-state index in [1.54, 1.807) is 11.0 Å². The minimum Gasteiger partial charge on any atom is -0.378 e. The molecule has 0 aliphatic carbocycles. The molecule has 1 N–H and O–H groups in total. The molecule has 86 valence electrons. The van der Waals surface area contributed by atoms with Crippen LogP contribution in [0, 0.1) is 0 Å². The Bertz CT molecular complexity index is 380. The summed E-state index contributed by atoms with van der Waals surface area (Å²) >= 11 is 3.25. The third-order valence-electron chi connectivity index (χ3n) is 2.25. The molecule has 2 heterocycles. The summed E-state index contributed by atoms with van der Waals surface area (Å²) in [7, 11) is 0. The lowest BCUT2D eigenvalue weighted by Crippen LogP contribution is -2.43. The van der Waals surface area contributed by atoms with Gasteiger partial charge in [-0.3, -0.25) is 5.32 Å². The molecular weight excluding hydrogens is 274 g/mol. The number of anilines is 1. The zero-order valence-electron chi connectivity index (χ0n) is 8.65. The zero-order chi connectivity index (χ0) is 11.4. The maximum absolute atomic E-state index is 11.8. The Morgan fingerprint density at radius 3 is 2.88 bits per heavy atom. The molecule has 1 saturated heterocycles. The molecule has 16 heavy (non-hydrogen) atoms. The molecular formula is C10H12BrN3O2. The molecule has 6 heteroatoms. The van der Waals surface area contributed by atoms with E-state index in [1.807, 2.05) is 12.1 Å². The summed E-state index contributed by atoms with van der Waals surface area (Å²) in [6.45, 7) is 2.44. The second-order valence-electron chi connectivity index (χ2n) is 3.38. The quantitative estimate of drug-likeness (QED) is 0.800. The van der Waals surface area contributed by atoms with E-state index in [2.05, 4.69) is 26.2 Å². The minimum absolute atomic E-state index is 0.131. The number of hydrogen-bond acceptors (Lipinski definition) is 3. The van der Waals surface area contributed by atoms with Crippen LogP contribution in [-0.2, 0) is 4.74 Å². The highest BCUT2D eigenvalue weighted by molar-refractivity contribution is 9.10. The second kappa shape index (κ2) is 5.27. The van der Waals surface area contributed by atoms with Gasteiger partial charge in [-0.1, -0.05) is 6.07 Å². The smallest absolute Gasteiger partial charge is 0.323 e. The monoisotopic (exact) mass is 285 g/mol. The average Bonchev–Trinajstić information content (AvgIpc) is 2.30. The molecule has 0 radical (unpaired) electrons. The second-order valence-corrected chi connectivity index (χ2v) is 4.19. The number of amides is 2. The topological polar surface area (TPSA) is 54.5 Å². The SMILES string of the molecule is O=C(Nc1cccc(Br)n1)N1CCOCC1. The van der Waals surface area contributed by atoms with Gasteiger partial charge in [-0.25, -0.2) is 9.78 Å². The number of carbonyl (C=O) groups excluding carboxylic acids is 1. The summed E-state index contributed by atoms with van der Waals surface area (Å²) in [5.41, 5.74) is 0. The highest BCUT2D eigenvalue weighted by Gasteiger charge is 2.16. The summed E-state index contributed by atoms with van der Waals surface area (Å²) in [6, 6.07) is 5.26. The zero-order valence-corrected chi connectivity index (χ0v) is 10.2. The molecule has 1 aliphatic rings. The van der Waals surface area contributed by atoms with Gasteiger partial charge >= 0.3 is 6.03 Å². The lowest BCUT2D eigenvalue weighted by Gasteiger charge is -2.26. The van der Waals surface area contributed by atoms with Gasteiger partial charge in [0.2, 0.25) is 0 Å². The van der Waals surface area contributed by atoms with Gasteiger partial charge in [0, 0.05) is 13.1 Å². The lowest BCUT2D eigenvalue weighted by atomic mass is 10.4. The molecule has 0 unspecified atom stereocenters. The van der Waals surface area contributed by atoms with E-state index >= 15 is 0 Å². The predicted molar refractivity (Wildman–Crippen MR) is 63.3 cm³/mol. The first-order chi connectivity index (χ1) is 7.75. The van der Waals surface area contributed by atoms with E-state index in [-0.39, 0.29) is 6.03 Å². The van der Waals surface area contributed by atoms with Crippen molar-refractivity contribution in [2.24, 2.45) is 0 Å². The number of ether oxygens (including phenoxy) is 1. The van der Waals surface area contributed by atoms with Crippen molar-refractivity contribution < 1.29 is 9.53 Å². The molecule has 1 aromatic heterocycles. The van der Waals surface area contributed by atoms with Crippen molar-refractivity contribution >= 4 is 27.8 Å². The number of halogens is 1. The van der Waals surface area contributed by atoms with E-state index in [0.717, 1.165) is 0 Å². The predicted octanol–water partition coefficient (Wildman–Crippen LogP) is 1.71. The van der Waals surface area contributed by atoms with Crippen LogP contribution in [0.2, 0.25) is 0 Å². The number of pyridine rings is 1. The van der Waals surface area contributed by atoms with Crippen LogP contribution in [0.4, 0.5) is 10.6 Å². The van der Waals surface area contributed by atoms with Crippen molar-refractivity contribution in [1.29, 1.82) is 0 Å². The molecule has 0 aromatic carbocycles. The van der Waals surface area contributed by atoms with Gasteiger partial charge in [-0.15, -0.1) is 0 Å². The van der Waals surface area contributed by atoms with Crippen LogP contribution >= 0.6 is 15.9 Å². The maximum Gasteiger partial charge on any atom is 0.323 e. The maximum atomic E-state index is 11.8. The molecule has 0 spiro atoms. The highest BCUT2D eigenvalue weighted by Crippen LogP contribution is 2.11. The van der Waals surface area contributed by atoms with Crippen molar-refractivity contribution in [2.75, 3.05) is 31.6 Å². The van der Waals surface area contributed by atoms with Crippen LogP contribution in [0.3, 0.4) is 0 Å². The van der Waals surface area contributed by atoms with Crippen molar-refractivity contribution in [3.63, 3.8) is 0 Å². The van der Waals surface area contributed by atoms with Crippen molar-refractivity contribution in [2.45, 2.75) is 0 Å². The van der Waals surface area contributed by atoms with Gasteiger partial charge < -0.3 is 9.64 Å². The molecule has 1 aliphatic heterocycles. The molecule has 1 fully saturated rings. The first kappa shape index (κ1) is 11.3. The highest BCUT2D eigenvalue weighted by atomic mass is 79.9. The number of hydrogen-bond donors (Lipinski definition) is 1. The van der Waals surface area contributed by atoms with Gasteiger partial charge in [-0.05, 0) is 28.1 Å². The molecule has 2 rings (SSSR count). The van der Waals surface area contributed by atoms with Crippen molar-refractivity contribution in [1.82, 2.24) is 9.88 Å². The summed E-state index contributed by atoms with van der Waals surface area (Å²) in [5.74, 6) is 0.547. The Labute approximate surface area is 102 Å². The number of aromatic nitrogens is 1. The van der Waals surface area contributed by atoms with E-state index < -0.39 is 0 Å².